The van der Waals surface area contributed by atoms with Gasteiger partial charge < -0.3 is 15.4 Å². The van der Waals surface area contributed by atoms with Crippen molar-refractivity contribution in [3.05, 3.63) is 42.0 Å². The lowest BCUT2D eigenvalue weighted by atomic mass is 10.00. The molecule has 0 aliphatic carbocycles. The number of piperidine rings is 1. The van der Waals surface area contributed by atoms with E-state index in [1.54, 1.807) is 0 Å². The Labute approximate surface area is 130 Å². The van der Waals surface area contributed by atoms with Crippen LogP contribution in [0.15, 0.2) is 36.4 Å². The Morgan fingerprint density at radius 3 is 2.68 bits per heavy atom. The van der Waals surface area contributed by atoms with Crippen molar-refractivity contribution in [2.24, 2.45) is 5.73 Å². The fourth-order valence-corrected chi connectivity index (χ4v) is 3.01. The molecular weight excluding hydrogens is 276 g/mol. The Balaban J connectivity index is 2.03. The molecule has 1 aliphatic heterocycles. The summed E-state index contributed by atoms with van der Waals surface area (Å²) in [6.45, 7) is 3.91. The first kappa shape index (κ1) is 14.9. The van der Waals surface area contributed by atoms with E-state index in [4.69, 9.17) is 10.5 Å². The average molecular weight is 298 g/mol. The molecule has 0 saturated carbocycles. The minimum atomic E-state index is 0.0483. The van der Waals surface area contributed by atoms with Crippen molar-refractivity contribution in [2.45, 2.75) is 25.8 Å². The highest BCUT2D eigenvalue weighted by Gasteiger charge is 2.25. The zero-order chi connectivity index (χ0) is 15.5. The molecule has 4 heteroatoms. The quantitative estimate of drug-likeness (QED) is 0.948. The van der Waals surface area contributed by atoms with Crippen molar-refractivity contribution in [1.29, 1.82) is 0 Å². The number of nitrogens with zero attached hydrogens (tertiary/aromatic N) is 1. The Hall–Kier alpha value is -2.07. The highest BCUT2D eigenvalue weighted by Crippen LogP contribution is 2.30. The molecule has 0 bridgehead atoms. The molecule has 0 radical (unpaired) electrons. The fourth-order valence-electron chi connectivity index (χ4n) is 3.01. The number of carbonyl (C=O) groups excluding carboxylic acids is 1. The van der Waals surface area contributed by atoms with Gasteiger partial charge in [0.1, 0.15) is 5.75 Å². The van der Waals surface area contributed by atoms with E-state index in [0.717, 1.165) is 36.7 Å². The topological polar surface area (TPSA) is 55.6 Å². The summed E-state index contributed by atoms with van der Waals surface area (Å²) in [5.41, 5.74) is 6.62. The van der Waals surface area contributed by atoms with Crippen LogP contribution < -0.4 is 10.5 Å². The highest BCUT2D eigenvalue weighted by molar-refractivity contribution is 6.09. The maximum atomic E-state index is 13.0. The SMILES string of the molecule is CCOc1ccc2ccccc2c1C(=O)N1CCC(N)CC1. The lowest BCUT2D eigenvalue weighted by Gasteiger charge is -2.31. The van der Waals surface area contributed by atoms with Crippen LogP contribution in [0.4, 0.5) is 0 Å². The predicted molar refractivity (Wildman–Crippen MR) is 88.2 cm³/mol. The van der Waals surface area contributed by atoms with Crippen LogP contribution in [0.2, 0.25) is 0 Å². The van der Waals surface area contributed by atoms with Gasteiger partial charge in [0.15, 0.2) is 0 Å². The van der Waals surface area contributed by atoms with Gasteiger partial charge in [-0.05, 0) is 36.6 Å². The van der Waals surface area contributed by atoms with Gasteiger partial charge >= 0.3 is 0 Å². The van der Waals surface area contributed by atoms with Crippen LogP contribution >= 0.6 is 0 Å². The van der Waals surface area contributed by atoms with Crippen LogP contribution in [0.3, 0.4) is 0 Å². The van der Waals surface area contributed by atoms with Gasteiger partial charge in [0.2, 0.25) is 0 Å². The lowest BCUT2D eigenvalue weighted by Crippen LogP contribution is -2.43. The van der Waals surface area contributed by atoms with E-state index in [1.807, 2.05) is 48.2 Å². The van der Waals surface area contributed by atoms with Crippen molar-refractivity contribution in [2.75, 3.05) is 19.7 Å². The molecule has 4 nitrogen and oxygen atoms in total. The molecule has 2 N–H and O–H groups in total. The molecule has 0 unspecified atom stereocenters. The number of nitrogens with two attached hydrogens (primary N) is 1. The first-order chi connectivity index (χ1) is 10.7. The monoisotopic (exact) mass is 298 g/mol. The highest BCUT2D eigenvalue weighted by atomic mass is 16.5. The van der Waals surface area contributed by atoms with Crippen LogP contribution in [-0.4, -0.2) is 36.5 Å². The van der Waals surface area contributed by atoms with Crippen molar-refractivity contribution in [1.82, 2.24) is 4.90 Å². The Bertz CT molecular complexity index is 676. The van der Waals surface area contributed by atoms with Crippen LogP contribution in [0, 0.1) is 0 Å². The minimum absolute atomic E-state index is 0.0483. The molecule has 1 heterocycles. The van der Waals surface area contributed by atoms with Crippen molar-refractivity contribution in [3.8, 4) is 5.75 Å². The third kappa shape index (κ3) is 2.79. The molecule has 0 atom stereocenters. The van der Waals surface area contributed by atoms with Crippen LogP contribution in [0.5, 0.6) is 5.75 Å². The smallest absolute Gasteiger partial charge is 0.258 e. The van der Waals surface area contributed by atoms with E-state index in [2.05, 4.69) is 0 Å². The molecule has 1 fully saturated rings. The molecule has 116 valence electrons. The molecule has 22 heavy (non-hydrogen) atoms. The number of hydrogen-bond acceptors (Lipinski definition) is 3. The van der Waals surface area contributed by atoms with Crippen molar-refractivity contribution < 1.29 is 9.53 Å². The maximum Gasteiger partial charge on any atom is 0.258 e. The van der Waals surface area contributed by atoms with E-state index in [0.29, 0.717) is 17.9 Å². The van der Waals surface area contributed by atoms with Gasteiger partial charge in [-0.1, -0.05) is 30.3 Å². The number of hydrogen-bond donors (Lipinski definition) is 1. The summed E-state index contributed by atoms with van der Waals surface area (Å²) in [6.07, 6.45) is 1.72. The summed E-state index contributed by atoms with van der Waals surface area (Å²) < 4.78 is 5.71. The van der Waals surface area contributed by atoms with Crippen molar-refractivity contribution >= 4 is 16.7 Å². The zero-order valence-corrected chi connectivity index (χ0v) is 12.9. The Morgan fingerprint density at radius 1 is 1.23 bits per heavy atom. The molecule has 2 aromatic rings. The number of fused-ring (bicyclic) bond motifs is 1. The summed E-state index contributed by atoms with van der Waals surface area (Å²) in [6, 6.07) is 12.1. The van der Waals surface area contributed by atoms with Crippen LogP contribution in [-0.2, 0) is 0 Å². The van der Waals surface area contributed by atoms with Gasteiger partial charge in [0.05, 0.1) is 12.2 Å². The van der Waals surface area contributed by atoms with Gasteiger partial charge in [-0.3, -0.25) is 4.79 Å². The standard InChI is InChI=1S/C18H22N2O2/c1-2-22-16-8-7-13-5-3-4-6-15(13)17(16)18(21)20-11-9-14(19)10-12-20/h3-8,14H,2,9-12,19H2,1H3. The molecule has 1 saturated heterocycles. The van der Waals surface area contributed by atoms with Gasteiger partial charge in [0, 0.05) is 19.1 Å². The van der Waals surface area contributed by atoms with Gasteiger partial charge in [-0.25, -0.2) is 0 Å². The summed E-state index contributed by atoms with van der Waals surface area (Å²) in [7, 11) is 0. The number of amides is 1. The van der Waals surface area contributed by atoms with Gasteiger partial charge in [-0.2, -0.15) is 0 Å². The number of likely N-dealkylation sites (tertiary alicyclic amines) is 1. The zero-order valence-electron chi connectivity index (χ0n) is 12.9. The van der Waals surface area contributed by atoms with E-state index in [1.165, 1.54) is 0 Å². The van der Waals surface area contributed by atoms with Crippen LogP contribution in [0.1, 0.15) is 30.1 Å². The van der Waals surface area contributed by atoms with Gasteiger partial charge in [0.25, 0.3) is 5.91 Å². The number of rotatable bonds is 3. The number of benzene rings is 2. The normalized spacial score (nSPS) is 16.0. The second kappa shape index (κ2) is 6.36. The average Bonchev–Trinajstić information content (AvgIpc) is 2.55. The molecule has 3 rings (SSSR count). The van der Waals surface area contributed by atoms with Gasteiger partial charge in [-0.15, -0.1) is 0 Å². The number of carbonyl (C=O) groups is 1. The summed E-state index contributed by atoms with van der Waals surface area (Å²) >= 11 is 0. The van der Waals surface area contributed by atoms with Crippen molar-refractivity contribution in [3.63, 3.8) is 0 Å². The summed E-state index contributed by atoms with van der Waals surface area (Å²) in [4.78, 5) is 14.9. The Kier molecular flexibility index (Phi) is 4.29. The third-order valence-electron chi connectivity index (χ3n) is 4.23. The second-order valence-electron chi connectivity index (χ2n) is 5.72. The first-order valence-electron chi connectivity index (χ1n) is 7.90. The van der Waals surface area contributed by atoms with E-state index in [-0.39, 0.29) is 11.9 Å². The molecule has 1 aliphatic rings. The molecule has 0 spiro atoms. The largest absolute Gasteiger partial charge is 0.493 e. The predicted octanol–water partition coefficient (Wildman–Crippen LogP) is 2.80. The second-order valence-corrected chi connectivity index (χ2v) is 5.72. The molecule has 1 amide bonds. The first-order valence-corrected chi connectivity index (χ1v) is 7.90. The summed E-state index contributed by atoms with van der Waals surface area (Å²) in [5, 5.41) is 2.01. The third-order valence-corrected chi connectivity index (χ3v) is 4.23. The van der Waals surface area contributed by atoms with Crippen LogP contribution in [0.25, 0.3) is 10.8 Å². The molecular formula is C18H22N2O2. The van der Waals surface area contributed by atoms with E-state index in [9.17, 15) is 4.79 Å². The molecule has 2 aromatic carbocycles. The Morgan fingerprint density at radius 2 is 1.95 bits per heavy atom. The van der Waals surface area contributed by atoms with E-state index >= 15 is 0 Å². The summed E-state index contributed by atoms with van der Waals surface area (Å²) in [5.74, 6) is 0.716. The van der Waals surface area contributed by atoms with E-state index < -0.39 is 0 Å². The molecule has 0 aromatic heterocycles. The number of ether oxygens (including phenoxy) is 1. The minimum Gasteiger partial charge on any atom is -0.493 e. The maximum absolute atomic E-state index is 13.0. The lowest BCUT2D eigenvalue weighted by molar-refractivity contribution is 0.0713. The fraction of sp³-hybridized carbons (Fsp3) is 0.389.